The van der Waals surface area contributed by atoms with Crippen LogP contribution in [-0.2, 0) is 6.54 Å². The van der Waals surface area contributed by atoms with E-state index in [2.05, 4.69) is 16.7 Å². The van der Waals surface area contributed by atoms with Crippen molar-refractivity contribution < 1.29 is 26.0 Å². The number of halogens is 1. The van der Waals surface area contributed by atoms with Crippen molar-refractivity contribution in [3.63, 3.8) is 0 Å². The Bertz CT molecular complexity index is 1140. The van der Waals surface area contributed by atoms with Crippen LogP contribution in [0.4, 0.5) is 5.69 Å². The summed E-state index contributed by atoms with van der Waals surface area (Å²) in [7, 11) is 3.92. The molecular weight excluding hydrogens is 416 g/mol. The van der Waals surface area contributed by atoms with Gasteiger partial charge in [0.05, 0.1) is 5.56 Å². The molecule has 2 aromatic heterocycles. The summed E-state index contributed by atoms with van der Waals surface area (Å²) in [5.74, 6) is 0. The Kier molecular flexibility index (Phi) is 5.95. The second-order valence-electron chi connectivity index (χ2n) is 6.81. The van der Waals surface area contributed by atoms with Gasteiger partial charge in [0.1, 0.15) is 5.58 Å². The molecule has 0 saturated heterocycles. The average molecular weight is 437 g/mol. The lowest BCUT2D eigenvalue weighted by Crippen LogP contribution is -3.00. The van der Waals surface area contributed by atoms with Crippen molar-refractivity contribution in [1.82, 2.24) is 0 Å². The third-order valence-corrected chi connectivity index (χ3v) is 4.65. The molecule has 0 bridgehead atoms. The monoisotopic (exact) mass is 436 g/mol. The summed E-state index contributed by atoms with van der Waals surface area (Å²) in [6, 6.07) is 22.0. The number of rotatable bonds is 4. The molecule has 4 aromatic rings. The van der Waals surface area contributed by atoms with Crippen molar-refractivity contribution >= 4 is 16.7 Å². The van der Waals surface area contributed by atoms with E-state index in [1.807, 2.05) is 86.0 Å². The zero-order valence-electron chi connectivity index (χ0n) is 15.8. The van der Waals surface area contributed by atoms with E-state index in [4.69, 9.17) is 4.42 Å². The molecule has 28 heavy (non-hydrogen) atoms. The molecule has 0 N–H and O–H groups in total. The van der Waals surface area contributed by atoms with Crippen LogP contribution < -0.4 is 32.1 Å². The van der Waals surface area contributed by atoms with Gasteiger partial charge in [-0.15, -0.1) is 0 Å². The van der Waals surface area contributed by atoms with Crippen LogP contribution in [0.2, 0.25) is 0 Å². The summed E-state index contributed by atoms with van der Waals surface area (Å²) in [6.07, 6.45) is 3.97. The molecular formula is C23H21BrN2O2. The molecule has 0 atom stereocenters. The number of fused-ring (bicyclic) bond motifs is 1. The van der Waals surface area contributed by atoms with Gasteiger partial charge in [-0.25, -0.2) is 9.36 Å². The number of aromatic nitrogens is 1. The van der Waals surface area contributed by atoms with Gasteiger partial charge in [0.2, 0.25) is 0 Å². The Labute approximate surface area is 174 Å². The number of benzene rings is 2. The second kappa shape index (κ2) is 8.40. The first-order valence-electron chi connectivity index (χ1n) is 8.89. The molecule has 0 aliphatic heterocycles. The normalized spacial score (nSPS) is 10.5. The third-order valence-electron chi connectivity index (χ3n) is 4.65. The molecule has 4 nitrogen and oxygen atoms in total. The summed E-state index contributed by atoms with van der Waals surface area (Å²) < 4.78 is 7.66. The smallest absolute Gasteiger partial charge is 0.344 e. The molecule has 2 aromatic carbocycles. The molecule has 4 rings (SSSR count). The molecule has 0 aliphatic rings. The maximum Gasteiger partial charge on any atom is 0.344 e. The molecule has 0 amide bonds. The lowest BCUT2D eigenvalue weighted by atomic mass is 10.1. The summed E-state index contributed by atoms with van der Waals surface area (Å²) in [5.41, 5.74) is 3.94. The van der Waals surface area contributed by atoms with E-state index < -0.39 is 0 Å². The van der Waals surface area contributed by atoms with Crippen LogP contribution in [0.1, 0.15) is 5.56 Å². The van der Waals surface area contributed by atoms with Gasteiger partial charge < -0.3 is 26.3 Å². The third kappa shape index (κ3) is 4.15. The summed E-state index contributed by atoms with van der Waals surface area (Å²) in [4.78, 5) is 14.5. The quantitative estimate of drug-likeness (QED) is 0.351. The SMILES string of the molecule is CN(C)c1ccc2cc(-c3cc[n+](Cc4ccccc4)cc3)c(=O)oc2c1.[Br-]. The minimum atomic E-state index is -0.320. The summed E-state index contributed by atoms with van der Waals surface area (Å²) >= 11 is 0. The van der Waals surface area contributed by atoms with E-state index in [0.29, 0.717) is 11.1 Å². The number of nitrogens with zero attached hydrogens (tertiary/aromatic N) is 2. The molecule has 0 unspecified atom stereocenters. The Morgan fingerprint density at radius 2 is 1.64 bits per heavy atom. The summed E-state index contributed by atoms with van der Waals surface area (Å²) in [5, 5.41) is 0.913. The lowest BCUT2D eigenvalue weighted by molar-refractivity contribution is -0.688. The molecule has 0 fully saturated rings. The maximum atomic E-state index is 12.5. The van der Waals surface area contributed by atoms with E-state index in [1.165, 1.54) is 5.56 Å². The number of hydrogen-bond donors (Lipinski definition) is 0. The first kappa shape index (κ1) is 19.8. The number of pyridine rings is 1. The zero-order chi connectivity index (χ0) is 18.8. The Balaban J connectivity index is 0.00000225. The van der Waals surface area contributed by atoms with Crippen LogP contribution in [0.5, 0.6) is 0 Å². The van der Waals surface area contributed by atoms with Gasteiger partial charge in [0, 0.05) is 54.5 Å². The van der Waals surface area contributed by atoms with Crippen LogP contribution >= 0.6 is 0 Å². The molecule has 2 heterocycles. The van der Waals surface area contributed by atoms with Crippen molar-refractivity contribution in [2.24, 2.45) is 0 Å². The van der Waals surface area contributed by atoms with E-state index in [0.717, 1.165) is 23.2 Å². The molecule has 0 aliphatic carbocycles. The van der Waals surface area contributed by atoms with Gasteiger partial charge in [0.25, 0.3) is 0 Å². The number of hydrogen-bond acceptors (Lipinski definition) is 3. The van der Waals surface area contributed by atoms with Crippen molar-refractivity contribution in [2.75, 3.05) is 19.0 Å². The van der Waals surface area contributed by atoms with E-state index in [-0.39, 0.29) is 22.6 Å². The minimum absolute atomic E-state index is 0. The van der Waals surface area contributed by atoms with Crippen molar-refractivity contribution in [3.05, 3.63) is 95.1 Å². The van der Waals surface area contributed by atoms with E-state index >= 15 is 0 Å². The highest BCUT2D eigenvalue weighted by Crippen LogP contribution is 2.24. The van der Waals surface area contributed by atoms with Gasteiger partial charge in [-0.2, -0.15) is 0 Å². The summed E-state index contributed by atoms with van der Waals surface area (Å²) in [6.45, 7) is 0.792. The lowest BCUT2D eigenvalue weighted by Gasteiger charge is -2.12. The Morgan fingerprint density at radius 3 is 2.32 bits per heavy atom. The molecule has 0 spiro atoms. The molecule has 0 saturated carbocycles. The fraction of sp³-hybridized carbons (Fsp3) is 0.130. The predicted octanol–water partition coefficient (Wildman–Crippen LogP) is 0.866. The Morgan fingerprint density at radius 1 is 0.929 bits per heavy atom. The standard InChI is InChI=1S/C23H21N2O2.BrH/c1-24(2)20-9-8-19-14-21(23(26)27-22(19)15-20)18-10-12-25(13-11-18)16-17-6-4-3-5-7-17;/h3-15H,16H2,1-2H3;1H/q+1;/p-1. The van der Waals surface area contributed by atoms with Crippen LogP contribution in [0.15, 0.2) is 88.3 Å². The predicted molar refractivity (Wildman–Crippen MR) is 108 cm³/mol. The van der Waals surface area contributed by atoms with E-state index in [9.17, 15) is 4.79 Å². The molecule has 0 radical (unpaired) electrons. The van der Waals surface area contributed by atoms with E-state index in [1.54, 1.807) is 0 Å². The van der Waals surface area contributed by atoms with Crippen LogP contribution in [0.25, 0.3) is 22.1 Å². The van der Waals surface area contributed by atoms with Gasteiger partial charge in [-0.1, -0.05) is 30.3 Å². The van der Waals surface area contributed by atoms with Gasteiger partial charge >= 0.3 is 5.63 Å². The molecule has 5 heteroatoms. The van der Waals surface area contributed by atoms with Crippen molar-refractivity contribution in [2.45, 2.75) is 6.54 Å². The minimum Gasteiger partial charge on any atom is -1.00 e. The Hall–Kier alpha value is -2.92. The zero-order valence-corrected chi connectivity index (χ0v) is 17.4. The average Bonchev–Trinajstić information content (AvgIpc) is 2.68. The van der Waals surface area contributed by atoms with Crippen LogP contribution in [0.3, 0.4) is 0 Å². The fourth-order valence-corrected chi connectivity index (χ4v) is 3.12. The largest absolute Gasteiger partial charge is 1.00 e. The van der Waals surface area contributed by atoms with Crippen molar-refractivity contribution in [3.8, 4) is 11.1 Å². The van der Waals surface area contributed by atoms with Gasteiger partial charge in [-0.05, 0) is 18.2 Å². The highest BCUT2D eigenvalue weighted by Gasteiger charge is 2.11. The highest BCUT2D eigenvalue weighted by molar-refractivity contribution is 5.84. The van der Waals surface area contributed by atoms with Gasteiger partial charge in [-0.3, -0.25) is 0 Å². The molecule has 142 valence electrons. The maximum absolute atomic E-state index is 12.5. The highest BCUT2D eigenvalue weighted by atomic mass is 79.9. The van der Waals surface area contributed by atoms with Crippen LogP contribution in [-0.4, -0.2) is 14.1 Å². The van der Waals surface area contributed by atoms with Crippen LogP contribution in [0, 0.1) is 0 Å². The van der Waals surface area contributed by atoms with Gasteiger partial charge in [0.15, 0.2) is 18.9 Å². The number of anilines is 1. The van der Waals surface area contributed by atoms with Crippen molar-refractivity contribution in [1.29, 1.82) is 0 Å². The fourth-order valence-electron chi connectivity index (χ4n) is 3.12. The first-order valence-corrected chi connectivity index (χ1v) is 8.89. The second-order valence-corrected chi connectivity index (χ2v) is 6.81. The topological polar surface area (TPSA) is 37.3 Å². The first-order chi connectivity index (χ1) is 13.1.